The molecule has 11 heteroatoms. The Morgan fingerprint density at radius 2 is 1.68 bits per heavy atom. The van der Waals surface area contributed by atoms with Crippen molar-refractivity contribution < 1.29 is 32.0 Å². The topological polar surface area (TPSA) is 88.9 Å². The highest BCUT2D eigenvalue weighted by Crippen LogP contribution is 2.37. The molecule has 1 aromatic heterocycles. The first-order valence-electron chi connectivity index (χ1n) is 13.3. The van der Waals surface area contributed by atoms with Gasteiger partial charge in [0.15, 0.2) is 5.82 Å². The first kappa shape index (κ1) is 30.0. The average molecular weight is 571 g/mol. The first-order chi connectivity index (χ1) is 19.5. The molecule has 1 aliphatic heterocycles. The lowest BCUT2D eigenvalue weighted by atomic mass is 9.93. The van der Waals surface area contributed by atoms with Gasteiger partial charge in [0.25, 0.3) is 0 Å². The van der Waals surface area contributed by atoms with E-state index in [1.807, 2.05) is 20.8 Å². The summed E-state index contributed by atoms with van der Waals surface area (Å²) in [6.07, 6.45) is -3.96. The number of carbonyl (C=O) groups excluding carboxylic acids is 1. The van der Waals surface area contributed by atoms with Crippen LogP contribution in [0.2, 0.25) is 0 Å². The maximum absolute atomic E-state index is 13.7. The van der Waals surface area contributed by atoms with Crippen molar-refractivity contribution in [1.82, 2.24) is 10.1 Å². The molecule has 0 aliphatic carbocycles. The standard InChI is InChI=1S/C30H33F3N4O4/c1-29(2,3)26-20-27(36-41-26)35-28(38)34-23-10-7-21(8-11-23)5-6-22-9-12-25(24(19-22)30(31,32)33)40-16-4-13-37-14-17-39-18-15-37/h7-12,19-20H,4,13-18H2,1-3H3,(H2,34,35,36,38). The minimum Gasteiger partial charge on any atom is -0.493 e. The first-order valence-corrected chi connectivity index (χ1v) is 13.3. The normalized spacial score (nSPS) is 14.2. The molecule has 0 bridgehead atoms. The number of alkyl halides is 3. The smallest absolute Gasteiger partial charge is 0.420 e. The van der Waals surface area contributed by atoms with Crippen molar-refractivity contribution in [2.24, 2.45) is 0 Å². The Kier molecular flexibility index (Phi) is 9.57. The Labute approximate surface area is 237 Å². The summed E-state index contributed by atoms with van der Waals surface area (Å²) in [7, 11) is 0. The molecule has 1 aliphatic rings. The highest BCUT2D eigenvalue weighted by molar-refractivity contribution is 5.99. The van der Waals surface area contributed by atoms with Crippen LogP contribution in [0, 0.1) is 11.8 Å². The van der Waals surface area contributed by atoms with E-state index >= 15 is 0 Å². The molecule has 2 heterocycles. The van der Waals surface area contributed by atoms with E-state index in [9.17, 15) is 18.0 Å². The van der Waals surface area contributed by atoms with Gasteiger partial charge in [-0.3, -0.25) is 10.2 Å². The number of urea groups is 1. The summed E-state index contributed by atoms with van der Waals surface area (Å²) in [4.78, 5) is 14.5. The average Bonchev–Trinajstić information content (AvgIpc) is 3.40. The van der Waals surface area contributed by atoms with E-state index in [0.717, 1.165) is 25.7 Å². The Morgan fingerprint density at radius 3 is 2.34 bits per heavy atom. The van der Waals surface area contributed by atoms with Gasteiger partial charge in [-0.25, -0.2) is 4.79 Å². The molecule has 0 unspecified atom stereocenters. The highest BCUT2D eigenvalue weighted by Gasteiger charge is 2.34. The molecule has 0 radical (unpaired) electrons. The summed E-state index contributed by atoms with van der Waals surface area (Å²) in [5.41, 5.74) is 0.180. The number of nitrogens with one attached hydrogen (secondary N) is 2. The van der Waals surface area contributed by atoms with Crippen molar-refractivity contribution >= 4 is 17.5 Å². The van der Waals surface area contributed by atoms with Crippen molar-refractivity contribution in [3.8, 4) is 17.6 Å². The molecule has 0 saturated carbocycles. The van der Waals surface area contributed by atoms with Crippen LogP contribution in [-0.2, 0) is 16.3 Å². The van der Waals surface area contributed by atoms with E-state index in [1.54, 1.807) is 30.3 Å². The Bertz CT molecular complexity index is 1380. The lowest BCUT2D eigenvalue weighted by Gasteiger charge is -2.26. The number of ether oxygens (including phenoxy) is 2. The molecule has 218 valence electrons. The zero-order valence-electron chi connectivity index (χ0n) is 23.2. The molecule has 2 N–H and O–H groups in total. The van der Waals surface area contributed by atoms with Crippen molar-refractivity contribution in [2.75, 3.05) is 50.1 Å². The van der Waals surface area contributed by atoms with Crippen LogP contribution >= 0.6 is 0 Å². The van der Waals surface area contributed by atoms with Crippen LogP contribution in [0.15, 0.2) is 53.1 Å². The van der Waals surface area contributed by atoms with Crippen molar-refractivity contribution in [3.05, 3.63) is 71.0 Å². The van der Waals surface area contributed by atoms with E-state index in [-0.39, 0.29) is 29.2 Å². The second-order valence-electron chi connectivity index (χ2n) is 10.6. The molecule has 1 fully saturated rings. The summed E-state index contributed by atoms with van der Waals surface area (Å²) in [6.45, 7) is 9.80. The molecule has 8 nitrogen and oxygen atoms in total. The van der Waals surface area contributed by atoms with Gasteiger partial charge in [0.1, 0.15) is 11.5 Å². The number of carbonyl (C=O) groups is 1. The van der Waals surface area contributed by atoms with Gasteiger partial charge in [-0.2, -0.15) is 13.2 Å². The SMILES string of the molecule is CC(C)(C)c1cc(NC(=O)Nc2ccc(C#Cc3ccc(OCCCN4CCOCC4)c(C(F)(F)F)c3)cc2)no1. The third-order valence-corrected chi connectivity index (χ3v) is 6.25. The monoisotopic (exact) mass is 570 g/mol. The van der Waals surface area contributed by atoms with Crippen LogP contribution in [0.3, 0.4) is 0 Å². The summed E-state index contributed by atoms with van der Waals surface area (Å²) < 4.78 is 57.2. The molecule has 0 atom stereocenters. The molecule has 41 heavy (non-hydrogen) atoms. The van der Waals surface area contributed by atoms with Gasteiger partial charge in [0, 0.05) is 47.9 Å². The van der Waals surface area contributed by atoms with Crippen LogP contribution in [0.4, 0.5) is 29.5 Å². The van der Waals surface area contributed by atoms with Crippen LogP contribution in [0.25, 0.3) is 0 Å². The number of benzene rings is 2. The summed E-state index contributed by atoms with van der Waals surface area (Å²) in [5, 5.41) is 9.13. The number of anilines is 2. The minimum absolute atomic E-state index is 0.181. The van der Waals surface area contributed by atoms with E-state index < -0.39 is 17.8 Å². The highest BCUT2D eigenvalue weighted by atomic mass is 19.4. The van der Waals surface area contributed by atoms with Crippen molar-refractivity contribution in [1.29, 1.82) is 0 Å². The Hall–Kier alpha value is -4.01. The molecular weight excluding hydrogens is 537 g/mol. The van der Waals surface area contributed by atoms with Crippen LogP contribution in [0.1, 0.15) is 49.6 Å². The van der Waals surface area contributed by atoms with Gasteiger partial charge in [-0.15, -0.1) is 0 Å². The third-order valence-electron chi connectivity index (χ3n) is 6.25. The number of hydrogen-bond donors (Lipinski definition) is 2. The van der Waals surface area contributed by atoms with E-state index in [1.165, 1.54) is 12.1 Å². The molecule has 2 amide bonds. The molecule has 1 saturated heterocycles. The Balaban J connectivity index is 1.33. The minimum atomic E-state index is -4.58. The quantitative estimate of drug-likeness (QED) is 0.262. The molecule has 4 rings (SSSR count). The second-order valence-corrected chi connectivity index (χ2v) is 10.6. The predicted molar refractivity (Wildman–Crippen MR) is 149 cm³/mol. The fraction of sp³-hybridized carbons (Fsp3) is 0.400. The van der Waals surface area contributed by atoms with E-state index in [2.05, 4.69) is 32.5 Å². The number of aromatic nitrogens is 1. The fourth-order valence-corrected chi connectivity index (χ4v) is 4.00. The van der Waals surface area contributed by atoms with Gasteiger partial charge in [-0.05, 0) is 48.9 Å². The lowest BCUT2D eigenvalue weighted by molar-refractivity contribution is -0.139. The van der Waals surface area contributed by atoms with Gasteiger partial charge in [-0.1, -0.05) is 37.8 Å². The number of hydrogen-bond acceptors (Lipinski definition) is 6. The maximum Gasteiger partial charge on any atom is 0.420 e. The molecular formula is C30H33F3N4O4. The number of halogens is 3. The molecule has 2 aromatic carbocycles. The second kappa shape index (κ2) is 13.1. The van der Waals surface area contributed by atoms with Gasteiger partial charge in [0.2, 0.25) is 0 Å². The zero-order chi connectivity index (χ0) is 29.5. The lowest BCUT2D eigenvalue weighted by Crippen LogP contribution is -2.37. The van der Waals surface area contributed by atoms with Crippen LogP contribution in [0.5, 0.6) is 5.75 Å². The van der Waals surface area contributed by atoms with E-state index in [0.29, 0.717) is 36.6 Å². The maximum atomic E-state index is 13.7. The van der Waals surface area contributed by atoms with Crippen LogP contribution in [-0.4, -0.2) is 55.5 Å². The molecule has 0 spiro atoms. The van der Waals surface area contributed by atoms with Gasteiger partial charge >= 0.3 is 12.2 Å². The Morgan fingerprint density at radius 1 is 1.00 bits per heavy atom. The van der Waals surface area contributed by atoms with Gasteiger partial charge in [0.05, 0.1) is 25.4 Å². The van der Waals surface area contributed by atoms with Crippen molar-refractivity contribution in [3.63, 3.8) is 0 Å². The van der Waals surface area contributed by atoms with Gasteiger partial charge < -0.3 is 19.3 Å². The molecule has 3 aromatic rings. The zero-order valence-corrected chi connectivity index (χ0v) is 23.2. The predicted octanol–water partition coefficient (Wildman–Crippen LogP) is 6.14. The number of morpholine rings is 1. The van der Waals surface area contributed by atoms with Crippen molar-refractivity contribution in [2.45, 2.75) is 38.8 Å². The van der Waals surface area contributed by atoms with E-state index in [4.69, 9.17) is 14.0 Å². The number of amides is 2. The largest absolute Gasteiger partial charge is 0.493 e. The third kappa shape index (κ3) is 8.99. The number of rotatable bonds is 7. The summed E-state index contributed by atoms with van der Waals surface area (Å²) >= 11 is 0. The summed E-state index contributed by atoms with van der Waals surface area (Å²) in [6, 6.07) is 11.6. The number of nitrogens with zero attached hydrogens (tertiary/aromatic N) is 2. The fourth-order valence-electron chi connectivity index (χ4n) is 4.00. The summed E-state index contributed by atoms with van der Waals surface area (Å²) in [5.74, 6) is 6.35. The van der Waals surface area contributed by atoms with Crippen LogP contribution < -0.4 is 15.4 Å².